The van der Waals surface area contributed by atoms with Gasteiger partial charge in [0.25, 0.3) is 0 Å². The molecule has 2 fully saturated rings. The molecule has 3 atom stereocenters. The Morgan fingerprint density at radius 1 is 1.45 bits per heavy atom. The maximum absolute atomic E-state index is 12.1. The second kappa shape index (κ2) is 7.84. The van der Waals surface area contributed by atoms with Crippen molar-refractivity contribution in [1.29, 1.82) is 0 Å². The number of amides is 2. The Balaban J connectivity index is 0.00000200. The van der Waals surface area contributed by atoms with Crippen LogP contribution in [0.1, 0.15) is 45.4 Å². The summed E-state index contributed by atoms with van der Waals surface area (Å²) < 4.78 is 0. The van der Waals surface area contributed by atoms with Gasteiger partial charge in [-0.25, -0.2) is 0 Å². The fraction of sp³-hybridized carbons (Fsp3) is 0.857. The van der Waals surface area contributed by atoms with Crippen molar-refractivity contribution in [2.24, 2.45) is 11.7 Å². The molecule has 0 aromatic rings. The van der Waals surface area contributed by atoms with E-state index in [4.69, 9.17) is 5.73 Å². The third kappa shape index (κ3) is 4.63. The summed E-state index contributed by atoms with van der Waals surface area (Å²) in [6.07, 6.45) is 5.39. The highest BCUT2D eigenvalue weighted by molar-refractivity contribution is 5.85. The van der Waals surface area contributed by atoms with Crippen molar-refractivity contribution in [2.45, 2.75) is 57.5 Å². The average molecular weight is 304 g/mol. The molecule has 20 heavy (non-hydrogen) atoms. The van der Waals surface area contributed by atoms with E-state index in [1.54, 1.807) is 0 Å². The zero-order valence-corrected chi connectivity index (χ0v) is 13.0. The second-order valence-electron chi connectivity index (χ2n) is 5.98. The molecule has 0 bridgehead atoms. The molecule has 0 spiro atoms. The van der Waals surface area contributed by atoms with Crippen LogP contribution in [-0.4, -0.2) is 41.9 Å². The number of nitrogens with one attached hydrogen (secondary N) is 1. The highest BCUT2D eigenvalue weighted by Crippen LogP contribution is 2.23. The smallest absolute Gasteiger partial charge is 0.223 e. The molecule has 3 unspecified atom stereocenters. The van der Waals surface area contributed by atoms with Gasteiger partial charge in [0.1, 0.15) is 0 Å². The predicted octanol–water partition coefficient (Wildman–Crippen LogP) is 1.05. The molecule has 1 aliphatic carbocycles. The minimum absolute atomic E-state index is 0. The van der Waals surface area contributed by atoms with E-state index in [0.29, 0.717) is 13.0 Å². The van der Waals surface area contributed by atoms with Gasteiger partial charge in [-0.1, -0.05) is 6.42 Å². The van der Waals surface area contributed by atoms with E-state index in [0.717, 1.165) is 38.6 Å². The van der Waals surface area contributed by atoms with Crippen molar-refractivity contribution in [3.05, 3.63) is 0 Å². The minimum Gasteiger partial charge on any atom is -0.352 e. The minimum atomic E-state index is 0. The number of hydrogen-bond acceptors (Lipinski definition) is 3. The normalized spacial score (nSPS) is 27.9. The van der Waals surface area contributed by atoms with Crippen molar-refractivity contribution in [2.75, 3.05) is 13.1 Å². The Morgan fingerprint density at radius 2 is 2.20 bits per heavy atom. The summed E-state index contributed by atoms with van der Waals surface area (Å²) in [4.78, 5) is 25.5. The molecule has 6 heteroatoms. The van der Waals surface area contributed by atoms with Crippen molar-refractivity contribution in [3.63, 3.8) is 0 Å². The number of halogens is 1. The van der Waals surface area contributed by atoms with Crippen molar-refractivity contribution in [3.8, 4) is 0 Å². The highest BCUT2D eigenvalue weighted by atomic mass is 35.5. The summed E-state index contributed by atoms with van der Waals surface area (Å²) in [5.41, 5.74) is 5.91. The van der Waals surface area contributed by atoms with E-state index >= 15 is 0 Å². The molecule has 1 saturated carbocycles. The molecule has 2 amide bonds. The molecule has 5 nitrogen and oxygen atoms in total. The lowest BCUT2D eigenvalue weighted by molar-refractivity contribution is -0.130. The van der Waals surface area contributed by atoms with Crippen molar-refractivity contribution < 1.29 is 9.59 Å². The number of nitrogens with zero attached hydrogens (tertiary/aromatic N) is 1. The van der Waals surface area contributed by atoms with Gasteiger partial charge >= 0.3 is 0 Å². The van der Waals surface area contributed by atoms with E-state index in [1.807, 2.05) is 11.8 Å². The molecular weight excluding hydrogens is 278 g/mol. The summed E-state index contributed by atoms with van der Waals surface area (Å²) in [7, 11) is 0. The van der Waals surface area contributed by atoms with Gasteiger partial charge in [0.2, 0.25) is 11.8 Å². The number of hydrogen-bond donors (Lipinski definition) is 2. The standard InChI is InChI=1S/C14H25N3O2.ClH/c1-10(9-17-7-3-6-13(17)18)16-14(19)11-4-2-5-12(15)8-11;/h10-12H,2-9,15H2,1H3,(H,16,19);1H. The van der Waals surface area contributed by atoms with Crippen LogP contribution in [0.4, 0.5) is 0 Å². The van der Waals surface area contributed by atoms with Crippen LogP contribution < -0.4 is 11.1 Å². The third-order valence-corrected chi connectivity index (χ3v) is 4.14. The Morgan fingerprint density at radius 3 is 2.80 bits per heavy atom. The van der Waals surface area contributed by atoms with Crippen molar-refractivity contribution >= 4 is 24.2 Å². The monoisotopic (exact) mass is 303 g/mol. The van der Waals surface area contributed by atoms with Gasteiger partial charge in [-0.2, -0.15) is 0 Å². The van der Waals surface area contributed by atoms with E-state index in [1.165, 1.54) is 0 Å². The fourth-order valence-corrected chi connectivity index (χ4v) is 3.10. The number of nitrogens with two attached hydrogens (primary N) is 1. The van der Waals surface area contributed by atoms with E-state index in [-0.39, 0.29) is 42.2 Å². The first-order valence-electron chi connectivity index (χ1n) is 7.40. The van der Waals surface area contributed by atoms with Gasteiger partial charge < -0.3 is 16.0 Å². The molecule has 116 valence electrons. The molecule has 2 aliphatic rings. The lowest BCUT2D eigenvalue weighted by atomic mass is 9.85. The number of carbonyl (C=O) groups excluding carboxylic acids is 2. The summed E-state index contributed by atoms with van der Waals surface area (Å²) in [5, 5.41) is 3.03. The second-order valence-corrected chi connectivity index (χ2v) is 5.98. The SMILES string of the molecule is CC(CN1CCCC1=O)NC(=O)C1CCCC(N)C1.Cl. The molecule has 3 N–H and O–H groups in total. The maximum Gasteiger partial charge on any atom is 0.223 e. The first kappa shape index (κ1) is 17.2. The van der Waals surface area contributed by atoms with Gasteiger partial charge in [-0.3, -0.25) is 9.59 Å². The van der Waals surface area contributed by atoms with Gasteiger partial charge in [-0.15, -0.1) is 12.4 Å². The van der Waals surface area contributed by atoms with E-state index < -0.39 is 0 Å². The Bertz CT molecular complexity index is 351. The van der Waals surface area contributed by atoms with Gasteiger partial charge in [-0.05, 0) is 32.6 Å². The Labute approximate surface area is 127 Å². The van der Waals surface area contributed by atoms with Gasteiger partial charge in [0.05, 0.1) is 0 Å². The lowest BCUT2D eigenvalue weighted by Gasteiger charge is -2.28. The molecule has 1 aliphatic heterocycles. The summed E-state index contributed by atoms with van der Waals surface area (Å²) in [6, 6.07) is 0.188. The molecule has 1 heterocycles. The fourth-order valence-electron chi connectivity index (χ4n) is 3.10. The molecular formula is C14H26ClN3O2. The van der Waals surface area contributed by atoms with Gasteiger partial charge in [0, 0.05) is 37.5 Å². The highest BCUT2D eigenvalue weighted by Gasteiger charge is 2.27. The summed E-state index contributed by atoms with van der Waals surface area (Å²) in [6.45, 7) is 3.42. The Hall–Kier alpha value is -0.810. The Kier molecular flexibility index (Phi) is 6.76. The lowest BCUT2D eigenvalue weighted by Crippen LogP contribution is -2.46. The predicted molar refractivity (Wildman–Crippen MR) is 80.6 cm³/mol. The van der Waals surface area contributed by atoms with Crippen LogP contribution in [0.15, 0.2) is 0 Å². The first-order chi connectivity index (χ1) is 9.06. The van der Waals surface area contributed by atoms with E-state index in [2.05, 4.69) is 5.32 Å². The van der Waals surface area contributed by atoms with E-state index in [9.17, 15) is 9.59 Å². The average Bonchev–Trinajstić information content (AvgIpc) is 2.75. The molecule has 0 aromatic heterocycles. The zero-order chi connectivity index (χ0) is 13.8. The van der Waals surface area contributed by atoms with Crippen LogP contribution in [0.25, 0.3) is 0 Å². The number of rotatable bonds is 4. The van der Waals surface area contributed by atoms with Crippen LogP contribution >= 0.6 is 12.4 Å². The van der Waals surface area contributed by atoms with Crippen LogP contribution in [0.5, 0.6) is 0 Å². The topological polar surface area (TPSA) is 75.4 Å². The molecule has 0 aromatic carbocycles. The van der Waals surface area contributed by atoms with Crippen LogP contribution in [0, 0.1) is 5.92 Å². The first-order valence-corrected chi connectivity index (χ1v) is 7.40. The van der Waals surface area contributed by atoms with Crippen LogP contribution in [0.3, 0.4) is 0 Å². The maximum atomic E-state index is 12.1. The third-order valence-electron chi connectivity index (χ3n) is 4.14. The largest absolute Gasteiger partial charge is 0.352 e. The summed E-state index contributed by atoms with van der Waals surface area (Å²) in [5.74, 6) is 0.371. The molecule has 0 radical (unpaired) electrons. The molecule has 1 saturated heterocycles. The zero-order valence-electron chi connectivity index (χ0n) is 12.1. The quantitative estimate of drug-likeness (QED) is 0.815. The summed E-state index contributed by atoms with van der Waals surface area (Å²) >= 11 is 0. The van der Waals surface area contributed by atoms with Crippen LogP contribution in [0.2, 0.25) is 0 Å². The molecule has 2 rings (SSSR count). The number of likely N-dealkylation sites (tertiary alicyclic amines) is 1. The van der Waals surface area contributed by atoms with Gasteiger partial charge in [0.15, 0.2) is 0 Å². The van der Waals surface area contributed by atoms with Crippen LogP contribution in [-0.2, 0) is 9.59 Å². The van der Waals surface area contributed by atoms with Crippen molar-refractivity contribution in [1.82, 2.24) is 10.2 Å². The number of carbonyl (C=O) groups is 2.